The number of phenolic OH excluding ortho intramolecular Hbond substituents is 2. The van der Waals surface area contributed by atoms with Gasteiger partial charge < -0.3 is 14.7 Å². The lowest BCUT2D eigenvalue weighted by Crippen LogP contribution is -2.54. The van der Waals surface area contributed by atoms with E-state index in [1.165, 1.54) is 12.1 Å². The van der Waals surface area contributed by atoms with E-state index in [0.717, 1.165) is 37.0 Å². The smallest absolute Gasteiger partial charge is 0.217 e. The molecule has 22 heavy (non-hydrogen) atoms. The van der Waals surface area contributed by atoms with Gasteiger partial charge in [-0.05, 0) is 31.0 Å². The third kappa shape index (κ3) is 5.02. The molecule has 4 nitrogen and oxygen atoms in total. The maximum absolute atomic E-state index is 12.6. The van der Waals surface area contributed by atoms with Crippen LogP contribution in [0.4, 0.5) is 0 Å². The highest BCUT2D eigenvalue weighted by Crippen LogP contribution is 2.26. The summed E-state index contributed by atoms with van der Waals surface area (Å²) >= 11 is 0. The van der Waals surface area contributed by atoms with E-state index >= 15 is 0 Å². The molecular weight excluding hydrogens is 278 g/mol. The summed E-state index contributed by atoms with van der Waals surface area (Å²) in [5, 5.41) is 19.0. The zero-order chi connectivity index (χ0) is 16.8. The quantitative estimate of drug-likeness (QED) is 0.416. The summed E-state index contributed by atoms with van der Waals surface area (Å²) in [6.45, 7) is 12.1. The van der Waals surface area contributed by atoms with Crippen LogP contribution in [-0.4, -0.2) is 46.7 Å². The molecule has 0 aliphatic heterocycles. The molecule has 124 valence electrons. The first kappa shape index (κ1) is 18.5. The molecule has 0 aromatic heterocycles. The molecular formula is C18H30NO3+. The van der Waals surface area contributed by atoms with Gasteiger partial charge in [0.25, 0.3) is 0 Å². The van der Waals surface area contributed by atoms with Crippen molar-refractivity contribution in [3.63, 3.8) is 0 Å². The van der Waals surface area contributed by atoms with Gasteiger partial charge in [0, 0.05) is 11.5 Å². The lowest BCUT2D eigenvalue weighted by atomic mass is 10.1. The number of ketones is 1. The van der Waals surface area contributed by atoms with Crippen LogP contribution < -0.4 is 0 Å². The maximum atomic E-state index is 12.6. The van der Waals surface area contributed by atoms with Gasteiger partial charge in [-0.1, -0.05) is 27.7 Å². The van der Waals surface area contributed by atoms with Crippen molar-refractivity contribution in [2.75, 3.05) is 26.2 Å². The molecule has 0 atom stereocenters. The topological polar surface area (TPSA) is 57.5 Å². The predicted octanol–water partition coefficient (Wildman–Crippen LogP) is 3.57. The zero-order valence-corrected chi connectivity index (χ0v) is 14.3. The second-order valence-electron chi connectivity index (χ2n) is 6.65. The Morgan fingerprint density at radius 2 is 1.68 bits per heavy atom. The number of nitrogens with zero attached hydrogens (tertiary/aromatic N) is 1. The number of hydrogen-bond acceptors (Lipinski definition) is 3. The molecule has 0 saturated heterocycles. The number of phenols is 2. The summed E-state index contributed by atoms with van der Waals surface area (Å²) in [5.74, 6) is 0.123. The first-order chi connectivity index (χ1) is 10.3. The second kappa shape index (κ2) is 8.18. The average molecular weight is 308 g/mol. The number of aromatic hydroxyl groups is 2. The number of rotatable bonds is 9. The molecule has 1 rings (SSSR count). The summed E-state index contributed by atoms with van der Waals surface area (Å²) in [5.41, 5.74) is 0.466. The van der Waals surface area contributed by atoms with E-state index in [0.29, 0.717) is 18.0 Å². The largest absolute Gasteiger partial charge is 0.504 e. The van der Waals surface area contributed by atoms with Gasteiger partial charge in [-0.3, -0.25) is 4.79 Å². The third-order valence-corrected chi connectivity index (χ3v) is 3.92. The molecule has 1 aromatic rings. The minimum absolute atomic E-state index is 0.0258. The number of Topliss-reactive ketones (excluding diaryl/α,β-unsaturated/α-hetero) is 1. The Labute approximate surface area is 134 Å². The van der Waals surface area contributed by atoms with E-state index in [1.807, 2.05) is 0 Å². The maximum Gasteiger partial charge on any atom is 0.217 e. The minimum Gasteiger partial charge on any atom is -0.504 e. The van der Waals surface area contributed by atoms with Crippen molar-refractivity contribution in [2.24, 2.45) is 5.92 Å². The van der Waals surface area contributed by atoms with E-state index in [2.05, 4.69) is 27.7 Å². The molecule has 0 unspecified atom stereocenters. The molecule has 0 saturated carbocycles. The van der Waals surface area contributed by atoms with Crippen LogP contribution in [0, 0.1) is 5.92 Å². The first-order valence-electron chi connectivity index (χ1n) is 8.23. The highest BCUT2D eigenvalue weighted by molar-refractivity contribution is 5.97. The van der Waals surface area contributed by atoms with Crippen LogP contribution in [0.3, 0.4) is 0 Å². The van der Waals surface area contributed by atoms with E-state index in [9.17, 15) is 15.0 Å². The van der Waals surface area contributed by atoms with Crippen LogP contribution in [-0.2, 0) is 0 Å². The molecule has 0 radical (unpaired) electrons. The highest BCUT2D eigenvalue weighted by Gasteiger charge is 2.30. The van der Waals surface area contributed by atoms with Crippen LogP contribution in [0.1, 0.15) is 50.9 Å². The van der Waals surface area contributed by atoms with Gasteiger partial charge in [-0.15, -0.1) is 0 Å². The van der Waals surface area contributed by atoms with Crippen molar-refractivity contribution in [1.29, 1.82) is 0 Å². The fraction of sp³-hybridized carbons (Fsp3) is 0.611. The molecule has 0 aliphatic carbocycles. The normalized spacial score (nSPS) is 11.9. The zero-order valence-electron chi connectivity index (χ0n) is 14.3. The van der Waals surface area contributed by atoms with Crippen molar-refractivity contribution in [3.8, 4) is 11.5 Å². The fourth-order valence-corrected chi connectivity index (χ4v) is 3.33. The summed E-state index contributed by atoms with van der Waals surface area (Å²) in [4.78, 5) is 12.6. The van der Waals surface area contributed by atoms with Crippen LogP contribution in [0.2, 0.25) is 0 Å². The van der Waals surface area contributed by atoms with Gasteiger partial charge >= 0.3 is 0 Å². The third-order valence-electron chi connectivity index (χ3n) is 3.92. The Hall–Kier alpha value is -1.55. The van der Waals surface area contributed by atoms with Crippen molar-refractivity contribution in [2.45, 2.75) is 40.5 Å². The Balaban J connectivity index is 3.00. The van der Waals surface area contributed by atoms with Crippen molar-refractivity contribution in [1.82, 2.24) is 0 Å². The summed E-state index contributed by atoms with van der Waals surface area (Å²) in [7, 11) is 0. The number of benzene rings is 1. The lowest BCUT2D eigenvalue weighted by Gasteiger charge is -2.39. The molecule has 1 aromatic carbocycles. The van der Waals surface area contributed by atoms with Crippen molar-refractivity contribution in [3.05, 3.63) is 23.8 Å². The van der Waals surface area contributed by atoms with Crippen molar-refractivity contribution >= 4 is 5.78 Å². The van der Waals surface area contributed by atoms with Gasteiger partial charge in [0.15, 0.2) is 11.5 Å². The van der Waals surface area contributed by atoms with Gasteiger partial charge in [0.2, 0.25) is 5.78 Å². The number of hydrogen-bond donors (Lipinski definition) is 2. The number of carbonyl (C=O) groups excluding carboxylic acids is 1. The highest BCUT2D eigenvalue weighted by atomic mass is 16.3. The summed E-state index contributed by atoms with van der Waals surface area (Å²) in [6.07, 6.45) is 2.08. The lowest BCUT2D eigenvalue weighted by molar-refractivity contribution is -0.923. The predicted molar refractivity (Wildman–Crippen MR) is 89.3 cm³/mol. The molecule has 0 heterocycles. The Morgan fingerprint density at radius 1 is 1.09 bits per heavy atom. The molecule has 0 aliphatic rings. The van der Waals surface area contributed by atoms with Crippen LogP contribution in [0.25, 0.3) is 0 Å². The van der Waals surface area contributed by atoms with Crippen molar-refractivity contribution < 1.29 is 19.5 Å². The Kier molecular flexibility index (Phi) is 6.88. The molecule has 2 N–H and O–H groups in total. The number of carbonyl (C=O) groups is 1. The van der Waals surface area contributed by atoms with Crippen LogP contribution in [0.5, 0.6) is 11.5 Å². The van der Waals surface area contributed by atoms with Gasteiger partial charge in [0.1, 0.15) is 6.54 Å². The molecule has 0 spiro atoms. The van der Waals surface area contributed by atoms with Crippen LogP contribution >= 0.6 is 0 Å². The second-order valence-corrected chi connectivity index (χ2v) is 6.65. The van der Waals surface area contributed by atoms with E-state index in [4.69, 9.17) is 0 Å². The van der Waals surface area contributed by atoms with E-state index in [1.54, 1.807) is 6.07 Å². The Bertz CT molecular complexity index is 491. The van der Waals surface area contributed by atoms with Gasteiger partial charge in [-0.25, -0.2) is 0 Å². The number of quaternary nitrogens is 1. The Morgan fingerprint density at radius 3 is 2.14 bits per heavy atom. The van der Waals surface area contributed by atoms with E-state index < -0.39 is 0 Å². The van der Waals surface area contributed by atoms with Gasteiger partial charge in [-0.2, -0.15) is 0 Å². The van der Waals surface area contributed by atoms with Crippen LogP contribution in [0.15, 0.2) is 18.2 Å². The standard InChI is InChI=1S/C18H29NO3/c1-5-9-19(10-6-2,12-14(3)4)13-18(22)15-7-8-16(20)17(21)11-15/h7-8,11,14H,5-6,9-10,12-13H2,1-4H3,(H-,20,21,22)/p+1. The van der Waals surface area contributed by atoms with Gasteiger partial charge in [0.05, 0.1) is 19.6 Å². The SMILES string of the molecule is CCC[N+](CCC)(CC(=O)c1ccc(O)c(O)c1)CC(C)C. The summed E-state index contributed by atoms with van der Waals surface area (Å²) in [6, 6.07) is 4.32. The fourth-order valence-electron chi connectivity index (χ4n) is 3.33. The molecule has 0 amide bonds. The molecule has 0 fully saturated rings. The average Bonchev–Trinajstić information content (AvgIpc) is 2.41. The monoisotopic (exact) mass is 308 g/mol. The molecule has 0 bridgehead atoms. The first-order valence-corrected chi connectivity index (χ1v) is 8.23. The molecule has 4 heteroatoms. The van der Waals surface area contributed by atoms with E-state index in [-0.39, 0.29) is 17.3 Å². The summed E-state index contributed by atoms with van der Waals surface area (Å²) < 4.78 is 0.797. The minimum atomic E-state index is -0.237.